The van der Waals surface area contributed by atoms with Gasteiger partial charge >= 0.3 is 0 Å². The van der Waals surface area contributed by atoms with Crippen LogP contribution in [0.1, 0.15) is 56.9 Å². The smallest absolute Gasteiger partial charge is 0.116 e. The van der Waals surface area contributed by atoms with Gasteiger partial charge in [-0.1, -0.05) is 98.5 Å². The molecule has 1 nitrogen and oxygen atoms in total. The topological polar surface area (TPSA) is 17.1 Å². The molecule has 2 aromatic carbocycles. The van der Waals surface area contributed by atoms with Crippen molar-refractivity contribution in [2.45, 2.75) is 56.9 Å². The maximum absolute atomic E-state index is 8.81. The van der Waals surface area contributed by atoms with Crippen LogP contribution < -0.4 is 0 Å². The molecule has 0 spiro atoms. The van der Waals surface area contributed by atoms with Gasteiger partial charge in [0.1, 0.15) is 6.29 Å². The number of fused-ring (bicyclic) bond motifs is 1. The average Bonchev–Trinajstić information content (AvgIpc) is 2.44. The van der Waals surface area contributed by atoms with Gasteiger partial charge in [-0.2, -0.15) is 0 Å². The molecule has 0 atom stereocenters. The lowest BCUT2D eigenvalue weighted by molar-refractivity contribution is -0.106. The summed E-state index contributed by atoms with van der Waals surface area (Å²) < 4.78 is 0. The first kappa shape index (κ1) is 31.0. The molecule has 2 aromatic rings. The van der Waals surface area contributed by atoms with Crippen molar-refractivity contribution in [3.05, 3.63) is 48.5 Å². The molecule has 0 unspecified atom stereocenters. The van der Waals surface area contributed by atoms with Gasteiger partial charge in [0.2, 0.25) is 0 Å². The van der Waals surface area contributed by atoms with Crippen LogP contribution in [0.15, 0.2) is 48.5 Å². The molecule has 0 N–H and O–H groups in total. The van der Waals surface area contributed by atoms with Crippen molar-refractivity contribution in [3.63, 3.8) is 0 Å². The van der Waals surface area contributed by atoms with E-state index >= 15 is 0 Å². The standard InChI is InChI=1S/C10H8.C2H4O.2C2H6.3CH4/c1-2-6-10-8-4-3-7-9(10)5-1;1-2-3;2*1-2;;;/h1-8H;2H,1H3;2*1-2H3;3*1H4. The van der Waals surface area contributed by atoms with Crippen molar-refractivity contribution in [1.82, 2.24) is 0 Å². The predicted octanol–water partition coefficient (Wildman–Crippen LogP) is 7.01. The molecule has 0 aromatic heterocycles. The van der Waals surface area contributed by atoms with Gasteiger partial charge in [-0.3, -0.25) is 0 Å². The van der Waals surface area contributed by atoms with E-state index in [2.05, 4.69) is 48.5 Å². The van der Waals surface area contributed by atoms with Gasteiger partial charge in [0.25, 0.3) is 0 Å². The highest BCUT2D eigenvalue weighted by molar-refractivity contribution is 5.81. The quantitative estimate of drug-likeness (QED) is 0.474. The Morgan fingerprint density at radius 2 is 0.800 bits per heavy atom. The lowest BCUT2D eigenvalue weighted by atomic mass is 10.1. The Hall–Kier alpha value is -1.63. The fraction of sp³-hybridized carbons (Fsp3) is 0.421. The van der Waals surface area contributed by atoms with Crippen LogP contribution in [-0.4, -0.2) is 6.29 Å². The molecule has 0 amide bonds. The summed E-state index contributed by atoms with van der Waals surface area (Å²) in [5.74, 6) is 0. The number of hydrogen-bond donors (Lipinski definition) is 0. The molecule has 0 aliphatic carbocycles. The lowest BCUT2D eigenvalue weighted by Crippen LogP contribution is -1.67. The molecule has 0 aliphatic heterocycles. The van der Waals surface area contributed by atoms with E-state index in [0.29, 0.717) is 0 Å². The van der Waals surface area contributed by atoms with E-state index < -0.39 is 0 Å². The molecule has 0 fully saturated rings. The molecule has 0 heterocycles. The molecule has 0 saturated carbocycles. The molecule has 0 aliphatic rings. The van der Waals surface area contributed by atoms with Crippen LogP contribution in [0.5, 0.6) is 0 Å². The summed E-state index contributed by atoms with van der Waals surface area (Å²) in [6.45, 7) is 9.44. The Kier molecular flexibility index (Phi) is 40.4. The summed E-state index contributed by atoms with van der Waals surface area (Å²) in [7, 11) is 0. The molecular formula is C19H36O. The molecule has 1 heteroatoms. The molecular weight excluding hydrogens is 244 g/mol. The first-order valence-electron chi connectivity index (χ1n) is 6.22. The van der Waals surface area contributed by atoms with Crippen LogP contribution in [-0.2, 0) is 4.79 Å². The zero-order chi connectivity index (χ0) is 13.5. The van der Waals surface area contributed by atoms with Gasteiger partial charge in [0.15, 0.2) is 0 Å². The van der Waals surface area contributed by atoms with Gasteiger partial charge in [0, 0.05) is 0 Å². The third-order valence-corrected chi connectivity index (χ3v) is 1.66. The highest BCUT2D eigenvalue weighted by atomic mass is 16.1. The van der Waals surface area contributed by atoms with E-state index in [4.69, 9.17) is 4.79 Å². The average molecular weight is 280 g/mol. The molecule has 0 radical (unpaired) electrons. The van der Waals surface area contributed by atoms with Crippen LogP contribution >= 0.6 is 0 Å². The van der Waals surface area contributed by atoms with Gasteiger partial charge in [-0.05, 0) is 17.7 Å². The largest absolute Gasteiger partial charge is 0.304 e. The monoisotopic (exact) mass is 280 g/mol. The van der Waals surface area contributed by atoms with E-state index in [0.717, 1.165) is 6.29 Å². The number of carbonyl (C=O) groups excluding carboxylic acids is 1. The number of rotatable bonds is 0. The Morgan fingerprint density at radius 1 is 0.650 bits per heavy atom. The Morgan fingerprint density at radius 3 is 0.950 bits per heavy atom. The minimum Gasteiger partial charge on any atom is -0.304 e. The van der Waals surface area contributed by atoms with Crippen LogP contribution in [0.2, 0.25) is 0 Å². The summed E-state index contributed by atoms with van der Waals surface area (Å²) in [6.07, 6.45) is 0.750. The summed E-state index contributed by atoms with van der Waals surface area (Å²) in [5, 5.41) is 2.62. The highest BCUT2D eigenvalue weighted by Crippen LogP contribution is 2.11. The van der Waals surface area contributed by atoms with Gasteiger partial charge < -0.3 is 4.79 Å². The van der Waals surface area contributed by atoms with E-state index in [-0.39, 0.29) is 22.3 Å². The number of aldehydes is 1. The zero-order valence-electron chi connectivity index (χ0n) is 11.6. The van der Waals surface area contributed by atoms with E-state index in [1.165, 1.54) is 17.7 Å². The first-order valence-corrected chi connectivity index (χ1v) is 6.22. The molecule has 118 valence electrons. The second kappa shape index (κ2) is 26.0. The third kappa shape index (κ3) is 14.4. The van der Waals surface area contributed by atoms with Crippen molar-refractivity contribution in [2.75, 3.05) is 0 Å². The van der Waals surface area contributed by atoms with Gasteiger partial charge in [-0.25, -0.2) is 0 Å². The summed E-state index contributed by atoms with van der Waals surface area (Å²) in [4.78, 5) is 8.81. The summed E-state index contributed by atoms with van der Waals surface area (Å²) >= 11 is 0. The van der Waals surface area contributed by atoms with Crippen LogP contribution in [0, 0.1) is 0 Å². The number of hydrogen-bond acceptors (Lipinski definition) is 1. The van der Waals surface area contributed by atoms with Crippen LogP contribution in [0.4, 0.5) is 0 Å². The zero-order valence-corrected chi connectivity index (χ0v) is 11.6. The second-order valence-electron chi connectivity index (χ2n) is 2.58. The van der Waals surface area contributed by atoms with Crippen molar-refractivity contribution < 1.29 is 4.79 Å². The highest BCUT2D eigenvalue weighted by Gasteiger charge is 1.85. The first-order chi connectivity index (χ1) is 8.38. The normalized spacial score (nSPS) is 6.25. The fourth-order valence-electron chi connectivity index (χ4n) is 1.13. The third-order valence-electron chi connectivity index (χ3n) is 1.66. The van der Waals surface area contributed by atoms with Crippen molar-refractivity contribution in [3.8, 4) is 0 Å². The van der Waals surface area contributed by atoms with Crippen molar-refractivity contribution in [2.24, 2.45) is 0 Å². The van der Waals surface area contributed by atoms with E-state index in [9.17, 15) is 0 Å². The van der Waals surface area contributed by atoms with Crippen molar-refractivity contribution in [1.29, 1.82) is 0 Å². The predicted molar refractivity (Wildman–Crippen MR) is 98.6 cm³/mol. The Balaban J connectivity index is -0.0000000664. The van der Waals surface area contributed by atoms with Crippen molar-refractivity contribution >= 4 is 17.1 Å². The van der Waals surface area contributed by atoms with E-state index in [1.54, 1.807) is 0 Å². The molecule has 2 rings (SSSR count). The minimum absolute atomic E-state index is 0. The minimum atomic E-state index is 0. The summed E-state index contributed by atoms with van der Waals surface area (Å²) in [6, 6.07) is 16.7. The second-order valence-corrected chi connectivity index (χ2v) is 2.58. The van der Waals surface area contributed by atoms with Gasteiger partial charge in [-0.15, -0.1) is 0 Å². The van der Waals surface area contributed by atoms with Gasteiger partial charge in [0.05, 0.1) is 0 Å². The maximum Gasteiger partial charge on any atom is 0.116 e. The number of benzene rings is 2. The maximum atomic E-state index is 8.81. The van der Waals surface area contributed by atoms with E-state index in [1.807, 2.05) is 27.7 Å². The lowest BCUT2D eigenvalue weighted by Gasteiger charge is -1.92. The Bertz CT molecular complexity index is 315. The SMILES string of the molecule is C.C.C.CC.CC.CC=O.c1ccc2ccccc2c1. The van der Waals surface area contributed by atoms with Crippen LogP contribution in [0.3, 0.4) is 0 Å². The molecule has 20 heavy (non-hydrogen) atoms. The van der Waals surface area contributed by atoms with Crippen LogP contribution in [0.25, 0.3) is 10.8 Å². The Labute approximate surface area is 128 Å². The molecule has 0 saturated heterocycles. The molecule has 0 bridgehead atoms. The fourth-order valence-corrected chi connectivity index (χ4v) is 1.13. The summed E-state index contributed by atoms with van der Waals surface area (Å²) in [5.41, 5.74) is 0. The number of carbonyl (C=O) groups is 1.